The van der Waals surface area contributed by atoms with E-state index in [9.17, 15) is 56.2 Å². The molecule has 2 aliphatic carbocycles. The van der Waals surface area contributed by atoms with Crippen LogP contribution in [0, 0.1) is 5.92 Å². The van der Waals surface area contributed by atoms with E-state index < -0.39 is 105 Å². The lowest BCUT2D eigenvalue weighted by molar-refractivity contribution is -0.731. The topological polar surface area (TPSA) is 258 Å². The molecule has 0 amide bonds. The van der Waals surface area contributed by atoms with Crippen molar-refractivity contribution in [3.63, 3.8) is 0 Å². The lowest BCUT2D eigenvalue weighted by Crippen LogP contribution is -3.01. The van der Waals surface area contributed by atoms with E-state index in [0.717, 1.165) is 0 Å². The van der Waals surface area contributed by atoms with Crippen molar-refractivity contribution in [2.45, 2.75) is 85.8 Å². The van der Waals surface area contributed by atoms with Crippen molar-refractivity contribution in [1.29, 1.82) is 0 Å². The van der Waals surface area contributed by atoms with Gasteiger partial charge in [0.2, 0.25) is 0 Å². The van der Waals surface area contributed by atoms with Gasteiger partial charge in [-0.25, -0.2) is 0 Å². The van der Waals surface area contributed by atoms with E-state index in [0.29, 0.717) is 0 Å². The molecule has 3 aliphatic rings. The maximum atomic E-state index is 10.7. The predicted molar refractivity (Wildman–Crippen MR) is 109 cm³/mol. The monoisotopic (exact) mass is 498 g/mol. The Morgan fingerprint density at radius 1 is 0.794 bits per heavy atom. The first-order valence-electron chi connectivity index (χ1n) is 11.2. The highest BCUT2D eigenvalue weighted by molar-refractivity contribution is 5.19. The normalized spacial score (nSPS) is 50.1. The Labute approximate surface area is 194 Å². The van der Waals surface area contributed by atoms with Crippen molar-refractivity contribution in [2.24, 2.45) is 5.92 Å². The van der Waals surface area contributed by atoms with Crippen LogP contribution in [-0.4, -0.2) is 155 Å². The first-order valence-corrected chi connectivity index (χ1v) is 11.2. The Balaban J connectivity index is 1.73. The molecule has 14 heteroatoms. The molecule has 1 saturated heterocycles. The van der Waals surface area contributed by atoms with E-state index in [1.54, 1.807) is 0 Å². The highest BCUT2D eigenvalue weighted by Crippen LogP contribution is 2.31. The number of hydrogen-bond donors (Lipinski definition) is 12. The first-order chi connectivity index (χ1) is 16.0. The standard InChI is InChI=1S/C20H35NO13/c22-3-6-1-8(12(26)15(29)11(6)25)21-9-2-7(4-23)19(17(31)13(9)27)34-20-18(32)16(30)14(28)10(5-24)33-20/h1,7-32H,2-5H2/p+1/t7-,8+,9+,10-,11-,12+,13+,14-,15+,16+,17-,18-,19-,20+/m1/s1. The minimum absolute atomic E-state index is 0.0426. The summed E-state index contributed by atoms with van der Waals surface area (Å²) in [5.74, 6) is -0.801. The number of rotatable bonds is 7. The van der Waals surface area contributed by atoms with Crippen molar-refractivity contribution >= 4 is 0 Å². The summed E-state index contributed by atoms with van der Waals surface area (Å²) in [5.41, 5.74) is 0.0902. The molecule has 1 heterocycles. The summed E-state index contributed by atoms with van der Waals surface area (Å²) in [6.07, 6.45) is -15.3. The van der Waals surface area contributed by atoms with Crippen LogP contribution in [0.1, 0.15) is 6.42 Å². The lowest BCUT2D eigenvalue weighted by atomic mass is 9.78. The van der Waals surface area contributed by atoms with Crippen LogP contribution < -0.4 is 5.32 Å². The molecule has 0 aromatic heterocycles. The number of nitrogens with two attached hydrogens (primary N) is 1. The quantitative estimate of drug-likeness (QED) is 0.146. The van der Waals surface area contributed by atoms with Crippen LogP contribution in [0.3, 0.4) is 0 Å². The molecule has 3 rings (SSSR count). The van der Waals surface area contributed by atoms with Gasteiger partial charge >= 0.3 is 0 Å². The Morgan fingerprint density at radius 2 is 1.47 bits per heavy atom. The fourth-order valence-corrected chi connectivity index (χ4v) is 4.93. The largest absolute Gasteiger partial charge is 0.396 e. The molecule has 0 spiro atoms. The molecular formula is C20H36NO13+. The van der Waals surface area contributed by atoms with Gasteiger partial charge in [-0.05, 0) is 11.6 Å². The average molecular weight is 499 g/mol. The molecule has 0 aromatic rings. The zero-order valence-electron chi connectivity index (χ0n) is 18.3. The molecule has 198 valence electrons. The molecule has 14 atom stereocenters. The number of ether oxygens (including phenoxy) is 2. The maximum Gasteiger partial charge on any atom is 0.187 e. The molecule has 0 radical (unpaired) electrons. The molecule has 13 N–H and O–H groups in total. The van der Waals surface area contributed by atoms with Crippen LogP contribution >= 0.6 is 0 Å². The van der Waals surface area contributed by atoms with Gasteiger partial charge in [0.1, 0.15) is 67.0 Å². The number of aliphatic hydroxyl groups is 11. The SMILES string of the molecule is OCC1=C[C@H]([NH2+][C@H]2C[C@H](CO)[C@@H](O[C@@H]3O[C@H](CO)[C@@H](O)[C@H](O)[C@H]3O)[C@H](O)[C@H]2O)[C@H](O)[C@@H](O)[C@@H]1O. The fraction of sp³-hybridized carbons (Fsp3) is 0.900. The van der Waals surface area contributed by atoms with E-state index in [-0.39, 0.29) is 12.0 Å². The number of aliphatic hydroxyl groups excluding tert-OH is 11. The van der Waals surface area contributed by atoms with E-state index in [1.165, 1.54) is 11.4 Å². The average Bonchev–Trinajstić information content (AvgIpc) is 2.83. The van der Waals surface area contributed by atoms with Gasteiger partial charge in [0.15, 0.2) is 6.29 Å². The zero-order chi connectivity index (χ0) is 25.3. The van der Waals surface area contributed by atoms with Crippen molar-refractivity contribution in [3.05, 3.63) is 11.6 Å². The van der Waals surface area contributed by atoms with Gasteiger partial charge in [-0.15, -0.1) is 0 Å². The smallest absolute Gasteiger partial charge is 0.187 e. The predicted octanol–water partition coefficient (Wildman–Crippen LogP) is -7.78. The third-order valence-electron chi connectivity index (χ3n) is 7.05. The molecule has 0 aromatic carbocycles. The second-order valence-corrected chi connectivity index (χ2v) is 9.22. The van der Waals surface area contributed by atoms with Crippen LogP contribution in [0.15, 0.2) is 11.6 Å². The molecule has 14 nitrogen and oxygen atoms in total. The van der Waals surface area contributed by atoms with Gasteiger partial charge in [-0.2, -0.15) is 0 Å². The first kappa shape index (κ1) is 27.8. The zero-order valence-corrected chi connectivity index (χ0v) is 18.3. The van der Waals surface area contributed by atoms with Crippen molar-refractivity contribution in [3.8, 4) is 0 Å². The second-order valence-electron chi connectivity index (χ2n) is 9.22. The van der Waals surface area contributed by atoms with Crippen molar-refractivity contribution in [1.82, 2.24) is 0 Å². The summed E-state index contributed by atoms with van der Waals surface area (Å²) < 4.78 is 10.9. The van der Waals surface area contributed by atoms with Crippen LogP contribution in [0.4, 0.5) is 0 Å². The summed E-state index contributed by atoms with van der Waals surface area (Å²) in [6, 6.07) is -1.69. The summed E-state index contributed by atoms with van der Waals surface area (Å²) in [6.45, 7) is -1.75. The van der Waals surface area contributed by atoms with Crippen molar-refractivity contribution in [2.75, 3.05) is 19.8 Å². The van der Waals surface area contributed by atoms with Gasteiger partial charge in [-0.1, -0.05) is 0 Å². The summed E-state index contributed by atoms with van der Waals surface area (Å²) >= 11 is 0. The highest BCUT2D eigenvalue weighted by atomic mass is 16.7. The molecule has 0 unspecified atom stereocenters. The maximum absolute atomic E-state index is 10.7. The minimum Gasteiger partial charge on any atom is -0.396 e. The van der Waals surface area contributed by atoms with E-state index >= 15 is 0 Å². The second kappa shape index (κ2) is 11.5. The molecule has 1 saturated carbocycles. The van der Waals surface area contributed by atoms with Gasteiger partial charge in [0.25, 0.3) is 0 Å². The van der Waals surface area contributed by atoms with Gasteiger partial charge in [-0.3, -0.25) is 0 Å². The highest BCUT2D eigenvalue weighted by Gasteiger charge is 2.52. The van der Waals surface area contributed by atoms with Crippen molar-refractivity contribution < 1.29 is 71.0 Å². The van der Waals surface area contributed by atoms with Crippen LogP contribution in [0.25, 0.3) is 0 Å². The van der Waals surface area contributed by atoms with Crippen LogP contribution in [0.2, 0.25) is 0 Å². The van der Waals surface area contributed by atoms with Crippen LogP contribution in [-0.2, 0) is 9.47 Å². The molecule has 0 bridgehead atoms. The van der Waals surface area contributed by atoms with E-state index in [4.69, 9.17) is 9.47 Å². The molecule has 2 fully saturated rings. The van der Waals surface area contributed by atoms with E-state index in [1.807, 2.05) is 0 Å². The Hall–Kier alpha value is -0.820. The Kier molecular flexibility index (Phi) is 9.38. The number of quaternary nitrogens is 1. The summed E-state index contributed by atoms with van der Waals surface area (Å²) in [5, 5.41) is 112. The van der Waals surface area contributed by atoms with E-state index in [2.05, 4.69) is 0 Å². The molecule has 34 heavy (non-hydrogen) atoms. The molecular weight excluding hydrogens is 462 g/mol. The third-order valence-corrected chi connectivity index (χ3v) is 7.05. The van der Waals surface area contributed by atoms with Gasteiger partial charge < -0.3 is 71.0 Å². The Bertz CT molecular complexity index is 693. The minimum atomic E-state index is -1.74. The van der Waals surface area contributed by atoms with Gasteiger partial charge in [0.05, 0.1) is 19.3 Å². The van der Waals surface area contributed by atoms with Gasteiger partial charge in [0, 0.05) is 18.9 Å². The summed E-state index contributed by atoms with van der Waals surface area (Å²) in [4.78, 5) is 0. The molecule has 1 aliphatic heterocycles. The lowest BCUT2D eigenvalue weighted by Gasteiger charge is -2.46. The fourth-order valence-electron chi connectivity index (χ4n) is 4.93. The van der Waals surface area contributed by atoms with Crippen LogP contribution in [0.5, 0.6) is 0 Å². The number of hydrogen-bond acceptors (Lipinski definition) is 13. The summed E-state index contributed by atoms with van der Waals surface area (Å²) in [7, 11) is 0. The third kappa shape index (κ3) is 5.30. The Morgan fingerprint density at radius 3 is 2.06 bits per heavy atom.